The summed E-state index contributed by atoms with van der Waals surface area (Å²) in [5, 5.41) is 9.77. The molecule has 5 nitrogen and oxygen atoms in total. The highest BCUT2D eigenvalue weighted by Crippen LogP contribution is 2.54. The zero-order valence-corrected chi connectivity index (χ0v) is 21.1. The van der Waals surface area contributed by atoms with Crippen LogP contribution < -0.4 is 4.90 Å². The van der Waals surface area contributed by atoms with E-state index in [1.807, 2.05) is 22.8 Å². The van der Waals surface area contributed by atoms with Crippen LogP contribution in [0.25, 0.3) is 0 Å². The molecule has 30 heavy (non-hydrogen) atoms. The normalized spacial score (nSPS) is 26.7. The molecule has 0 spiro atoms. The number of carbonyl (C=O) groups excluding carboxylic acids is 1. The fourth-order valence-corrected chi connectivity index (χ4v) is 6.58. The summed E-state index contributed by atoms with van der Waals surface area (Å²) >= 11 is 6.52. The minimum atomic E-state index is -1.13. The standard InChI is InChI=1S/C23H33ClN3O2Si/c1-14(2)23(29-30(7)8)20-17(22(4,5)6)11-12-26(20)21(28)27(23)18-10-9-16(13-25)19(24)15(18)3/h9-10,14,17,20H,11-12H2,1-8H3/t17-,20+,23+/m0/s1. The Kier molecular flexibility index (Phi) is 6.05. The lowest BCUT2D eigenvalue weighted by atomic mass is 9.71. The molecule has 0 N–H and O–H groups in total. The molecule has 2 aliphatic heterocycles. The van der Waals surface area contributed by atoms with Crippen molar-refractivity contribution in [3.05, 3.63) is 28.3 Å². The van der Waals surface area contributed by atoms with Crippen LogP contribution in [0, 0.1) is 35.5 Å². The third-order valence-electron chi connectivity index (χ3n) is 6.63. The summed E-state index contributed by atoms with van der Waals surface area (Å²) in [5.74, 6) is 0.400. The molecular formula is C23H33ClN3O2Si. The summed E-state index contributed by atoms with van der Waals surface area (Å²) in [6.45, 7) is 17.9. The number of amides is 2. The summed E-state index contributed by atoms with van der Waals surface area (Å²) in [5.41, 5.74) is 1.18. The second-order valence-electron chi connectivity index (χ2n) is 10.1. The minimum absolute atomic E-state index is 0.0208. The number of urea groups is 1. The highest BCUT2D eigenvalue weighted by molar-refractivity contribution is 6.48. The average Bonchev–Trinajstić information content (AvgIpc) is 3.17. The van der Waals surface area contributed by atoms with Crippen molar-refractivity contribution in [3.63, 3.8) is 0 Å². The predicted molar refractivity (Wildman–Crippen MR) is 123 cm³/mol. The van der Waals surface area contributed by atoms with E-state index >= 15 is 0 Å². The monoisotopic (exact) mass is 446 g/mol. The van der Waals surface area contributed by atoms with Gasteiger partial charge in [-0.05, 0) is 55.5 Å². The van der Waals surface area contributed by atoms with Crippen LogP contribution in [0.5, 0.6) is 0 Å². The Labute approximate surface area is 187 Å². The molecule has 2 aliphatic rings. The van der Waals surface area contributed by atoms with Crippen molar-refractivity contribution in [2.45, 2.75) is 72.8 Å². The number of hydrogen-bond donors (Lipinski definition) is 0. The van der Waals surface area contributed by atoms with E-state index in [0.717, 1.165) is 24.2 Å². The zero-order valence-electron chi connectivity index (χ0n) is 19.3. The molecule has 2 fully saturated rings. The molecule has 0 aromatic heterocycles. The van der Waals surface area contributed by atoms with E-state index in [1.165, 1.54) is 0 Å². The van der Waals surface area contributed by atoms with Gasteiger partial charge in [0.05, 0.1) is 22.3 Å². The van der Waals surface area contributed by atoms with Gasteiger partial charge >= 0.3 is 6.03 Å². The Morgan fingerprint density at radius 1 is 1.33 bits per heavy atom. The lowest BCUT2D eigenvalue weighted by Gasteiger charge is -2.48. The Bertz CT molecular complexity index is 890. The van der Waals surface area contributed by atoms with E-state index in [4.69, 9.17) is 16.0 Å². The number of benzene rings is 1. The van der Waals surface area contributed by atoms with Crippen molar-refractivity contribution in [1.29, 1.82) is 5.26 Å². The first-order valence-electron chi connectivity index (χ1n) is 10.7. The summed E-state index contributed by atoms with van der Waals surface area (Å²) in [4.78, 5) is 17.7. The molecule has 163 valence electrons. The molecule has 0 saturated carbocycles. The smallest absolute Gasteiger partial charge is 0.327 e. The Morgan fingerprint density at radius 3 is 2.47 bits per heavy atom. The molecule has 1 radical (unpaired) electrons. The van der Waals surface area contributed by atoms with Gasteiger partial charge in [-0.15, -0.1) is 0 Å². The van der Waals surface area contributed by atoms with Gasteiger partial charge in [-0.1, -0.05) is 46.2 Å². The van der Waals surface area contributed by atoms with Crippen molar-refractivity contribution in [2.24, 2.45) is 17.3 Å². The Morgan fingerprint density at radius 2 is 1.97 bits per heavy atom. The van der Waals surface area contributed by atoms with E-state index in [-0.39, 0.29) is 23.4 Å². The fourth-order valence-electron chi connectivity index (χ4n) is 5.28. The first-order chi connectivity index (χ1) is 13.9. The SMILES string of the molecule is Cc1c(N2C(=O)N3CC[C@H](C(C)(C)C)[C@@H]3[C@]2(O[Si](C)C)C(C)C)ccc(C#N)c1Cl. The van der Waals surface area contributed by atoms with E-state index in [0.29, 0.717) is 16.5 Å². The first kappa shape index (κ1) is 23.1. The van der Waals surface area contributed by atoms with E-state index in [9.17, 15) is 10.1 Å². The van der Waals surface area contributed by atoms with Gasteiger partial charge in [0, 0.05) is 12.5 Å². The number of hydrogen-bond acceptors (Lipinski definition) is 3. The second kappa shape index (κ2) is 7.85. The molecule has 3 rings (SSSR count). The maximum atomic E-state index is 13.9. The van der Waals surface area contributed by atoms with Gasteiger partial charge in [0.15, 0.2) is 5.72 Å². The van der Waals surface area contributed by atoms with Gasteiger partial charge in [-0.3, -0.25) is 4.90 Å². The largest absolute Gasteiger partial charge is 0.393 e. The molecule has 2 heterocycles. The van der Waals surface area contributed by atoms with Crippen LogP contribution >= 0.6 is 11.6 Å². The Hall–Kier alpha value is -1.55. The number of nitriles is 1. The maximum Gasteiger partial charge on any atom is 0.327 e. The van der Waals surface area contributed by atoms with Crippen LogP contribution in [-0.4, -0.2) is 38.3 Å². The molecule has 7 heteroatoms. The fraction of sp³-hybridized carbons (Fsp3) is 0.652. The molecule has 0 unspecified atom stereocenters. The predicted octanol–water partition coefficient (Wildman–Crippen LogP) is 5.82. The molecule has 3 atom stereocenters. The quantitative estimate of drug-likeness (QED) is 0.547. The first-order valence-corrected chi connectivity index (χ1v) is 13.5. The molecule has 1 aromatic carbocycles. The third kappa shape index (κ3) is 3.35. The van der Waals surface area contributed by atoms with Crippen molar-refractivity contribution in [1.82, 2.24) is 4.90 Å². The van der Waals surface area contributed by atoms with Gasteiger partial charge in [-0.25, -0.2) is 4.79 Å². The molecule has 1 aromatic rings. The van der Waals surface area contributed by atoms with Crippen LogP contribution in [0.15, 0.2) is 12.1 Å². The number of nitrogens with zero attached hydrogens (tertiary/aromatic N) is 3. The number of rotatable bonds is 4. The lowest BCUT2D eigenvalue weighted by Crippen LogP contribution is -2.62. The molecule has 2 amide bonds. The highest BCUT2D eigenvalue weighted by atomic mass is 35.5. The zero-order chi connectivity index (χ0) is 22.6. The topological polar surface area (TPSA) is 56.6 Å². The lowest BCUT2D eigenvalue weighted by molar-refractivity contribution is -0.0339. The number of anilines is 1. The van der Waals surface area contributed by atoms with Gasteiger partial charge < -0.3 is 9.33 Å². The molecule has 0 aliphatic carbocycles. The molecule has 2 saturated heterocycles. The van der Waals surface area contributed by atoms with Crippen molar-refractivity contribution < 1.29 is 9.22 Å². The van der Waals surface area contributed by atoms with Crippen LogP contribution in [0.3, 0.4) is 0 Å². The maximum absolute atomic E-state index is 13.9. The minimum Gasteiger partial charge on any atom is -0.393 e. The molecular weight excluding hydrogens is 414 g/mol. The van der Waals surface area contributed by atoms with Crippen LogP contribution in [0.2, 0.25) is 18.1 Å². The van der Waals surface area contributed by atoms with Gasteiger partial charge in [0.2, 0.25) is 9.04 Å². The van der Waals surface area contributed by atoms with Crippen LogP contribution in [0.4, 0.5) is 10.5 Å². The average molecular weight is 447 g/mol. The van der Waals surface area contributed by atoms with Crippen LogP contribution in [0.1, 0.15) is 52.2 Å². The Balaban J connectivity index is 2.28. The van der Waals surface area contributed by atoms with Crippen molar-refractivity contribution >= 4 is 32.4 Å². The number of fused-ring (bicyclic) bond motifs is 1. The summed E-state index contributed by atoms with van der Waals surface area (Å²) in [6.07, 6.45) is 0.980. The van der Waals surface area contributed by atoms with E-state index in [1.54, 1.807) is 6.07 Å². The summed E-state index contributed by atoms with van der Waals surface area (Å²) < 4.78 is 6.85. The van der Waals surface area contributed by atoms with Gasteiger partial charge in [-0.2, -0.15) is 5.26 Å². The number of carbonyl (C=O) groups is 1. The van der Waals surface area contributed by atoms with Crippen LogP contribution in [-0.2, 0) is 4.43 Å². The summed E-state index contributed by atoms with van der Waals surface area (Å²) in [6, 6.07) is 5.64. The summed E-state index contributed by atoms with van der Waals surface area (Å²) in [7, 11) is -1.13. The van der Waals surface area contributed by atoms with E-state index in [2.05, 4.69) is 53.8 Å². The third-order valence-corrected chi connectivity index (χ3v) is 7.86. The van der Waals surface area contributed by atoms with Crippen molar-refractivity contribution in [2.75, 3.05) is 11.4 Å². The molecule has 0 bridgehead atoms. The van der Waals surface area contributed by atoms with Gasteiger partial charge in [0.1, 0.15) is 6.07 Å². The number of halogens is 1. The van der Waals surface area contributed by atoms with Crippen molar-refractivity contribution in [3.8, 4) is 6.07 Å². The highest BCUT2D eigenvalue weighted by Gasteiger charge is 2.66. The second-order valence-corrected chi connectivity index (χ2v) is 12.5. The van der Waals surface area contributed by atoms with Gasteiger partial charge in [0.25, 0.3) is 0 Å². The van der Waals surface area contributed by atoms with E-state index < -0.39 is 14.8 Å².